The maximum Gasteiger partial charge on any atom is 0.0114 e. The van der Waals surface area contributed by atoms with Crippen LogP contribution in [-0.4, -0.2) is 8.75 Å². The van der Waals surface area contributed by atoms with Crippen molar-refractivity contribution in [1.82, 2.24) is 0 Å². The van der Waals surface area contributed by atoms with Gasteiger partial charge < -0.3 is 0 Å². The molecule has 0 aliphatic rings. The second-order valence-corrected chi connectivity index (χ2v) is 6.07. The molecule has 0 N–H and O–H groups in total. The molecule has 0 aliphatic heterocycles. The summed E-state index contributed by atoms with van der Waals surface area (Å²) < 4.78 is 0.854. The van der Waals surface area contributed by atoms with Gasteiger partial charge in [0.1, 0.15) is 0 Å². The fourth-order valence-electron chi connectivity index (χ4n) is 0. The fourth-order valence-corrected chi connectivity index (χ4v) is 0. The molecule has 0 aromatic heterocycles. The zero-order valence-corrected chi connectivity index (χ0v) is 11.1. The minimum absolute atomic E-state index is 0.697. The Balaban J connectivity index is 0. The van der Waals surface area contributed by atoms with Gasteiger partial charge in [-0.3, -0.25) is 0 Å². The molecule has 64 valence electrons. The smallest absolute Gasteiger partial charge is 0.0114 e. The molecule has 0 aromatic carbocycles. The van der Waals surface area contributed by atoms with Gasteiger partial charge in [0.05, 0.1) is 0 Å². The van der Waals surface area contributed by atoms with E-state index in [9.17, 15) is 0 Å². The van der Waals surface area contributed by atoms with E-state index in [4.69, 9.17) is 0 Å². The van der Waals surface area contributed by atoms with Crippen molar-refractivity contribution in [2.45, 2.75) is 49.3 Å². The van der Waals surface area contributed by atoms with Gasteiger partial charge in [-0.2, -0.15) is 0 Å². The lowest BCUT2D eigenvalue weighted by Crippen LogP contribution is -1.80. The van der Waals surface area contributed by atoms with E-state index >= 15 is 0 Å². The fraction of sp³-hybridized carbons (Fsp3) is 1.00. The Labute approximate surface area is 87.4 Å². The summed E-state index contributed by atoms with van der Waals surface area (Å²) in [5, 5.41) is 0. The SMILES string of the molecule is CCC(C)Br.CCC(C)I. The van der Waals surface area contributed by atoms with Crippen LogP contribution in [-0.2, 0) is 0 Å². The molecule has 0 bridgehead atoms. The van der Waals surface area contributed by atoms with E-state index in [0.29, 0.717) is 4.83 Å². The summed E-state index contributed by atoms with van der Waals surface area (Å²) in [6.45, 7) is 8.69. The summed E-state index contributed by atoms with van der Waals surface area (Å²) in [5.41, 5.74) is 0. The van der Waals surface area contributed by atoms with E-state index in [1.165, 1.54) is 12.8 Å². The van der Waals surface area contributed by atoms with Crippen LogP contribution in [0.2, 0.25) is 0 Å². The lowest BCUT2D eigenvalue weighted by atomic mass is 10.4. The number of hydrogen-bond donors (Lipinski definition) is 0. The second-order valence-electron chi connectivity index (χ2n) is 2.38. The Hall–Kier alpha value is 1.21. The minimum Gasteiger partial charge on any atom is -0.0894 e. The van der Waals surface area contributed by atoms with Crippen LogP contribution in [0.4, 0.5) is 0 Å². The Kier molecular flexibility index (Phi) is 14.1. The monoisotopic (exact) mass is 320 g/mol. The van der Waals surface area contributed by atoms with Gasteiger partial charge in [0, 0.05) is 8.75 Å². The number of rotatable bonds is 2. The summed E-state index contributed by atoms with van der Waals surface area (Å²) in [4.78, 5) is 0.697. The van der Waals surface area contributed by atoms with Gasteiger partial charge in [-0.25, -0.2) is 0 Å². The Morgan fingerprint density at radius 3 is 1.40 bits per heavy atom. The van der Waals surface area contributed by atoms with E-state index in [1.54, 1.807) is 0 Å². The van der Waals surface area contributed by atoms with Crippen molar-refractivity contribution in [2.75, 3.05) is 0 Å². The predicted molar refractivity (Wildman–Crippen MR) is 62.5 cm³/mol. The predicted octanol–water partition coefficient (Wildman–Crippen LogP) is 4.40. The van der Waals surface area contributed by atoms with Crippen LogP contribution in [0.1, 0.15) is 40.5 Å². The molecule has 0 rings (SSSR count). The third-order valence-corrected chi connectivity index (χ3v) is 2.65. The van der Waals surface area contributed by atoms with Crippen LogP contribution in [0, 0.1) is 0 Å². The second kappa shape index (κ2) is 10.2. The summed E-state index contributed by atoms with van der Waals surface area (Å²) in [6.07, 6.45) is 2.51. The molecule has 0 amide bonds. The van der Waals surface area contributed by atoms with Crippen molar-refractivity contribution < 1.29 is 0 Å². The van der Waals surface area contributed by atoms with Crippen molar-refractivity contribution in [3.63, 3.8) is 0 Å². The van der Waals surface area contributed by atoms with Gasteiger partial charge in [-0.1, -0.05) is 66.2 Å². The lowest BCUT2D eigenvalue weighted by Gasteiger charge is -1.88. The number of halogens is 2. The van der Waals surface area contributed by atoms with Crippen LogP contribution in [0.15, 0.2) is 0 Å². The van der Waals surface area contributed by atoms with E-state index in [0.717, 1.165) is 3.92 Å². The molecule has 2 heteroatoms. The molecule has 0 aromatic rings. The first-order valence-corrected chi connectivity index (χ1v) is 5.98. The molecule has 0 heterocycles. The van der Waals surface area contributed by atoms with E-state index < -0.39 is 0 Å². The largest absolute Gasteiger partial charge is 0.0894 e. The maximum absolute atomic E-state index is 3.37. The van der Waals surface area contributed by atoms with E-state index in [2.05, 4.69) is 66.2 Å². The Morgan fingerprint density at radius 2 is 1.40 bits per heavy atom. The van der Waals surface area contributed by atoms with Crippen LogP contribution in [0.5, 0.6) is 0 Å². The molecule has 2 atom stereocenters. The van der Waals surface area contributed by atoms with Crippen LogP contribution < -0.4 is 0 Å². The van der Waals surface area contributed by atoms with Gasteiger partial charge in [-0.05, 0) is 12.8 Å². The zero-order chi connectivity index (χ0) is 8.57. The zero-order valence-electron chi connectivity index (χ0n) is 7.32. The Morgan fingerprint density at radius 1 is 1.20 bits per heavy atom. The van der Waals surface area contributed by atoms with E-state index in [1.807, 2.05) is 0 Å². The molecule has 2 unspecified atom stereocenters. The maximum atomic E-state index is 3.37. The molecule has 0 saturated heterocycles. The molecule has 10 heavy (non-hydrogen) atoms. The first kappa shape index (κ1) is 13.8. The van der Waals surface area contributed by atoms with Crippen LogP contribution >= 0.6 is 38.5 Å². The first-order valence-electron chi connectivity index (χ1n) is 3.82. The highest BCUT2D eigenvalue weighted by molar-refractivity contribution is 14.1. The summed E-state index contributed by atoms with van der Waals surface area (Å²) in [7, 11) is 0. The van der Waals surface area contributed by atoms with E-state index in [-0.39, 0.29) is 0 Å². The normalized spacial score (nSPS) is 15.0. The minimum atomic E-state index is 0.697. The molecule has 0 fully saturated rings. The standard InChI is InChI=1S/C4H9Br.C4H9I/c2*1-3-4(2)5/h2*4H,3H2,1-2H3. The van der Waals surface area contributed by atoms with Gasteiger partial charge in [0.2, 0.25) is 0 Å². The van der Waals surface area contributed by atoms with Gasteiger partial charge in [-0.15, -0.1) is 0 Å². The van der Waals surface area contributed by atoms with Crippen molar-refractivity contribution >= 4 is 38.5 Å². The van der Waals surface area contributed by atoms with Crippen LogP contribution in [0.25, 0.3) is 0 Å². The molecule has 0 spiro atoms. The highest BCUT2D eigenvalue weighted by Gasteiger charge is 1.83. The summed E-state index contributed by atoms with van der Waals surface area (Å²) in [6, 6.07) is 0. The first-order chi connectivity index (χ1) is 4.54. The summed E-state index contributed by atoms with van der Waals surface area (Å²) >= 11 is 5.78. The van der Waals surface area contributed by atoms with Crippen molar-refractivity contribution in [3.8, 4) is 0 Å². The molecule has 0 radical (unpaired) electrons. The molecule has 0 nitrogen and oxygen atoms in total. The third-order valence-electron chi connectivity index (χ3n) is 1.13. The molecule has 0 saturated carbocycles. The molecule has 0 aliphatic carbocycles. The topological polar surface area (TPSA) is 0 Å². The van der Waals surface area contributed by atoms with Gasteiger partial charge in [0.25, 0.3) is 0 Å². The van der Waals surface area contributed by atoms with Crippen molar-refractivity contribution in [2.24, 2.45) is 0 Å². The third kappa shape index (κ3) is 22.9. The highest BCUT2D eigenvalue weighted by atomic mass is 127. The van der Waals surface area contributed by atoms with Crippen molar-refractivity contribution in [3.05, 3.63) is 0 Å². The lowest BCUT2D eigenvalue weighted by molar-refractivity contribution is 0.922. The number of alkyl halides is 2. The van der Waals surface area contributed by atoms with Gasteiger partial charge >= 0.3 is 0 Å². The number of hydrogen-bond acceptors (Lipinski definition) is 0. The Bertz CT molecular complexity index is 45.2. The van der Waals surface area contributed by atoms with Crippen molar-refractivity contribution in [1.29, 1.82) is 0 Å². The quantitative estimate of drug-likeness (QED) is 0.522. The highest BCUT2D eigenvalue weighted by Crippen LogP contribution is 2.00. The average Bonchev–Trinajstić information content (AvgIpc) is 1.89. The van der Waals surface area contributed by atoms with Gasteiger partial charge in [0.15, 0.2) is 0 Å². The van der Waals surface area contributed by atoms with Crippen LogP contribution in [0.3, 0.4) is 0 Å². The molecular formula is C8H18BrI. The average molecular weight is 321 g/mol. The summed E-state index contributed by atoms with van der Waals surface area (Å²) in [5.74, 6) is 0. The molecular weight excluding hydrogens is 303 g/mol.